The molecule has 1 rings (SSSR count). The van der Waals surface area contributed by atoms with Crippen LogP contribution in [0.5, 0.6) is 0 Å². The van der Waals surface area contributed by atoms with Crippen molar-refractivity contribution in [3.8, 4) is 0 Å². The fourth-order valence-corrected chi connectivity index (χ4v) is 1.23. The molecule has 0 saturated carbocycles. The van der Waals surface area contributed by atoms with E-state index in [1.54, 1.807) is 5.01 Å². The molecule has 0 unspecified atom stereocenters. The maximum atomic E-state index is 5.95. The first kappa shape index (κ1) is 9.52. The number of halogens is 1. The van der Waals surface area contributed by atoms with Crippen molar-refractivity contribution in [3.63, 3.8) is 0 Å². The van der Waals surface area contributed by atoms with Gasteiger partial charge < -0.3 is 0 Å². The lowest BCUT2D eigenvalue weighted by atomic mass is 10.1. The van der Waals surface area contributed by atoms with Gasteiger partial charge in [-0.3, -0.25) is 5.84 Å². The summed E-state index contributed by atoms with van der Waals surface area (Å²) in [5, 5.41) is 2.47. The maximum Gasteiger partial charge on any atom is 0.0438 e. The quantitative estimate of drug-likeness (QED) is 0.572. The van der Waals surface area contributed by atoms with Crippen molar-refractivity contribution in [2.45, 2.75) is 6.42 Å². The summed E-state index contributed by atoms with van der Waals surface area (Å²) in [6, 6.07) is 7.83. The van der Waals surface area contributed by atoms with Crippen LogP contribution in [0.15, 0.2) is 24.3 Å². The van der Waals surface area contributed by atoms with Gasteiger partial charge in [-0.05, 0) is 18.1 Å². The van der Waals surface area contributed by atoms with Gasteiger partial charge in [-0.25, -0.2) is 5.01 Å². The average Bonchev–Trinajstić information content (AvgIpc) is 2.03. The number of hydrogen-bond donors (Lipinski definition) is 1. The third-order valence-electron chi connectivity index (χ3n) is 1.69. The van der Waals surface area contributed by atoms with Gasteiger partial charge >= 0.3 is 0 Å². The summed E-state index contributed by atoms with van der Waals surface area (Å²) in [6.45, 7) is 0.823. The zero-order chi connectivity index (χ0) is 8.97. The number of hydrogen-bond acceptors (Lipinski definition) is 2. The number of likely N-dealkylation sites (N-methyl/N-ethyl adjacent to an activating group) is 1. The lowest BCUT2D eigenvalue weighted by molar-refractivity contribution is 0.354. The summed E-state index contributed by atoms with van der Waals surface area (Å²) < 4.78 is 0. The first-order chi connectivity index (χ1) is 5.70. The van der Waals surface area contributed by atoms with Crippen LogP contribution in [-0.4, -0.2) is 18.6 Å². The number of rotatable bonds is 3. The molecule has 2 N–H and O–H groups in total. The Morgan fingerprint density at radius 2 is 2.08 bits per heavy atom. The van der Waals surface area contributed by atoms with Gasteiger partial charge in [-0.1, -0.05) is 29.8 Å². The lowest BCUT2D eigenvalue weighted by Crippen LogP contribution is -2.28. The van der Waals surface area contributed by atoms with Crippen molar-refractivity contribution in [2.24, 2.45) is 5.84 Å². The van der Waals surface area contributed by atoms with Gasteiger partial charge in [0.1, 0.15) is 0 Å². The molecule has 66 valence electrons. The largest absolute Gasteiger partial charge is 0.269 e. The molecule has 2 nitrogen and oxygen atoms in total. The van der Waals surface area contributed by atoms with Crippen molar-refractivity contribution in [2.75, 3.05) is 13.6 Å². The Bertz CT molecular complexity index is 248. The molecule has 0 amide bonds. The number of benzene rings is 1. The van der Waals surface area contributed by atoms with Crippen LogP contribution >= 0.6 is 11.6 Å². The summed E-state index contributed by atoms with van der Waals surface area (Å²) in [7, 11) is 1.84. The van der Waals surface area contributed by atoms with Crippen LogP contribution in [0, 0.1) is 0 Å². The molecule has 0 fully saturated rings. The molecule has 0 spiro atoms. The van der Waals surface area contributed by atoms with Gasteiger partial charge in [-0.15, -0.1) is 0 Å². The summed E-state index contributed by atoms with van der Waals surface area (Å²) in [5.41, 5.74) is 1.15. The Labute approximate surface area is 77.9 Å². The highest BCUT2D eigenvalue weighted by atomic mass is 35.5. The molecule has 12 heavy (non-hydrogen) atoms. The van der Waals surface area contributed by atoms with E-state index in [1.165, 1.54) is 0 Å². The molecule has 3 heteroatoms. The first-order valence-corrected chi connectivity index (χ1v) is 4.27. The van der Waals surface area contributed by atoms with E-state index in [-0.39, 0.29) is 0 Å². The van der Waals surface area contributed by atoms with Gasteiger partial charge in [0.15, 0.2) is 0 Å². The van der Waals surface area contributed by atoms with Gasteiger partial charge in [-0.2, -0.15) is 0 Å². The molecule has 1 aromatic carbocycles. The highest BCUT2D eigenvalue weighted by molar-refractivity contribution is 6.31. The number of hydrazine groups is 1. The normalized spacial score (nSPS) is 10.7. The van der Waals surface area contributed by atoms with E-state index in [4.69, 9.17) is 17.4 Å². The minimum atomic E-state index is 0.819. The summed E-state index contributed by atoms with van der Waals surface area (Å²) in [4.78, 5) is 0. The van der Waals surface area contributed by atoms with Crippen molar-refractivity contribution < 1.29 is 0 Å². The van der Waals surface area contributed by atoms with Gasteiger partial charge in [0.2, 0.25) is 0 Å². The van der Waals surface area contributed by atoms with Crippen molar-refractivity contribution >= 4 is 11.6 Å². The molecular formula is C9H13ClN2. The van der Waals surface area contributed by atoms with Gasteiger partial charge in [0, 0.05) is 18.6 Å². The smallest absolute Gasteiger partial charge is 0.0438 e. The molecule has 1 aromatic rings. The second kappa shape index (κ2) is 4.45. The maximum absolute atomic E-state index is 5.95. The third-order valence-corrected chi connectivity index (χ3v) is 2.06. The number of nitrogens with two attached hydrogens (primary N) is 1. The Morgan fingerprint density at radius 1 is 1.42 bits per heavy atom. The topological polar surface area (TPSA) is 29.3 Å². The molecular weight excluding hydrogens is 172 g/mol. The highest BCUT2D eigenvalue weighted by Crippen LogP contribution is 2.14. The Morgan fingerprint density at radius 3 is 2.67 bits per heavy atom. The molecule has 0 bridgehead atoms. The molecule has 0 saturated heterocycles. The first-order valence-electron chi connectivity index (χ1n) is 3.89. The third kappa shape index (κ3) is 2.81. The summed E-state index contributed by atoms with van der Waals surface area (Å²) in [5.74, 6) is 5.48. The highest BCUT2D eigenvalue weighted by Gasteiger charge is 1.98. The average molecular weight is 185 g/mol. The van der Waals surface area contributed by atoms with Crippen LogP contribution in [0.1, 0.15) is 5.56 Å². The molecule has 0 radical (unpaired) electrons. The zero-order valence-corrected chi connectivity index (χ0v) is 7.88. The van der Waals surface area contributed by atoms with E-state index in [9.17, 15) is 0 Å². The fourth-order valence-electron chi connectivity index (χ4n) is 0.998. The zero-order valence-electron chi connectivity index (χ0n) is 7.13. The molecule has 0 aromatic heterocycles. The Kier molecular flexibility index (Phi) is 3.53. The van der Waals surface area contributed by atoms with Crippen LogP contribution in [0.25, 0.3) is 0 Å². The van der Waals surface area contributed by atoms with E-state index in [2.05, 4.69) is 0 Å². The van der Waals surface area contributed by atoms with Crippen LogP contribution < -0.4 is 5.84 Å². The summed E-state index contributed by atoms with van der Waals surface area (Å²) >= 11 is 5.95. The van der Waals surface area contributed by atoms with E-state index in [1.807, 2.05) is 31.3 Å². The molecule has 0 aliphatic rings. The molecule has 0 aliphatic heterocycles. The van der Waals surface area contributed by atoms with Crippen LogP contribution in [-0.2, 0) is 6.42 Å². The van der Waals surface area contributed by atoms with Crippen molar-refractivity contribution in [1.82, 2.24) is 5.01 Å². The van der Waals surface area contributed by atoms with E-state index >= 15 is 0 Å². The van der Waals surface area contributed by atoms with E-state index < -0.39 is 0 Å². The second-order valence-corrected chi connectivity index (χ2v) is 3.23. The second-order valence-electron chi connectivity index (χ2n) is 2.82. The van der Waals surface area contributed by atoms with Gasteiger partial charge in [0.25, 0.3) is 0 Å². The SMILES string of the molecule is CN(N)CCc1ccccc1Cl. The minimum Gasteiger partial charge on any atom is -0.269 e. The Balaban J connectivity index is 2.57. The van der Waals surface area contributed by atoms with E-state index in [0.29, 0.717) is 0 Å². The predicted molar refractivity (Wildman–Crippen MR) is 52.0 cm³/mol. The number of nitrogens with zero attached hydrogens (tertiary/aromatic N) is 1. The molecule has 0 heterocycles. The van der Waals surface area contributed by atoms with E-state index in [0.717, 1.165) is 23.6 Å². The van der Waals surface area contributed by atoms with Crippen molar-refractivity contribution in [3.05, 3.63) is 34.9 Å². The standard InChI is InChI=1S/C9H13ClN2/c1-12(11)7-6-8-4-2-3-5-9(8)10/h2-5H,6-7,11H2,1H3. The monoisotopic (exact) mass is 184 g/mol. The van der Waals surface area contributed by atoms with Gasteiger partial charge in [0.05, 0.1) is 0 Å². The van der Waals surface area contributed by atoms with Crippen molar-refractivity contribution in [1.29, 1.82) is 0 Å². The van der Waals surface area contributed by atoms with Crippen LogP contribution in [0.4, 0.5) is 0 Å². The summed E-state index contributed by atoms with van der Waals surface area (Å²) in [6.07, 6.45) is 0.896. The fraction of sp³-hybridized carbons (Fsp3) is 0.333. The minimum absolute atomic E-state index is 0.819. The van der Waals surface area contributed by atoms with Crippen LogP contribution in [0.3, 0.4) is 0 Å². The molecule has 0 atom stereocenters. The Hall–Kier alpha value is -0.570. The lowest BCUT2D eigenvalue weighted by Gasteiger charge is -2.09. The molecule has 0 aliphatic carbocycles. The van der Waals surface area contributed by atoms with Crippen LogP contribution in [0.2, 0.25) is 5.02 Å². The predicted octanol–water partition coefficient (Wildman–Crippen LogP) is 1.69.